The molecule has 3 heterocycles. The minimum absolute atomic E-state index is 0.261. The van der Waals surface area contributed by atoms with Gasteiger partial charge in [-0.25, -0.2) is 9.78 Å². The van der Waals surface area contributed by atoms with Gasteiger partial charge >= 0.3 is 5.97 Å². The molecule has 5 heteroatoms. The number of aromatic carboxylic acids is 1. The zero-order valence-electron chi connectivity index (χ0n) is 10.9. The average molecular weight is 259 g/mol. The molecule has 0 saturated carbocycles. The van der Waals surface area contributed by atoms with Crippen LogP contribution in [0.25, 0.3) is 5.65 Å². The summed E-state index contributed by atoms with van der Waals surface area (Å²) in [5.74, 6) is -0.923. The molecule has 5 nitrogen and oxygen atoms in total. The lowest BCUT2D eigenvalue weighted by Crippen LogP contribution is -2.22. The number of pyridine rings is 1. The number of imidazole rings is 1. The number of rotatable bonds is 3. The van der Waals surface area contributed by atoms with Crippen LogP contribution in [-0.4, -0.2) is 38.4 Å². The summed E-state index contributed by atoms with van der Waals surface area (Å²) in [5.41, 5.74) is 1.95. The number of carboxylic acids is 1. The van der Waals surface area contributed by atoms with E-state index in [-0.39, 0.29) is 5.69 Å². The van der Waals surface area contributed by atoms with Crippen molar-refractivity contribution >= 4 is 11.6 Å². The summed E-state index contributed by atoms with van der Waals surface area (Å²) in [4.78, 5) is 18.2. The Bertz CT molecular complexity index is 620. The molecule has 19 heavy (non-hydrogen) atoms. The highest BCUT2D eigenvalue weighted by atomic mass is 16.4. The highest BCUT2D eigenvalue weighted by Crippen LogP contribution is 2.31. The molecule has 1 saturated heterocycles. The second-order valence-corrected chi connectivity index (χ2v) is 4.90. The van der Waals surface area contributed by atoms with Crippen LogP contribution in [-0.2, 0) is 0 Å². The zero-order valence-corrected chi connectivity index (χ0v) is 10.9. The van der Waals surface area contributed by atoms with Crippen LogP contribution in [0, 0.1) is 0 Å². The first-order chi connectivity index (χ1) is 9.20. The summed E-state index contributed by atoms with van der Waals surface area (Å²) < 4.78 is 1.67. The van der Waals surface area contributed by atoms with Crippen LogP contribution in [0.1, 0.15) is 42.0 Å². The number of likely N-dealkylation sites (tertiary alicyclic amines) is 1. The van der Waals surface area contributed by atoms with E-state index in [9.17, 15) is 9.90 Å². The first-order valence-corrected chi connectivity index (χ1v) is 6.66. The molecule has 0 aliphatic carbocycles. The topological polar surface area (TPSA) is 57.8 Å². The number of hydrogen-bond donors (Lipinski definition) is 1. The maximum atomic E-state index is 11.2. The Kier molecular flexibility index (Phi) is 2.98. The highest BCUT2D eigenvalue weighted by Gasteiger charge is 2.27. The van der Waals surface area contributed by atoms with E-state index in [1.807, 2.05) is 12.3 Å². The van der Waals surface area contributed by atoms with Crippen LogP contribution < -0.4 is 0 Å². The summed E-state index contributed by atoms with van der Waals surface area (Å²) in [6.45, 7) is 4.25. The van der Waals surface area contributed by atoms with E-state index in [0.717, 1.165) is 25.2 Å². The lowest BCUT2D eigenvalue weighted by Gasteiger charge is -2.20. The fraction of sp³-hybridized carbons (Fsp3) is 0.429. The van der Waals surface area contributed by atoms with E-state index in [2.05, 4.69) is 16.8 Å². The summed E-state index contributed by atoms with van der Waals surface area (Å²) in [6, 6.07) is 5.52. The van der Waals surface area contributed by atoms with Gasteiger partial charge in [0.05, 0.1) is 11.7 Å². The highest BCUT2D eigenvalue weighted by molar-refractivity contribution is 5.86. The molecule has 1 N–H and O–H groups in total. The van der Waals surface area contributed by atoms with Gasteiger partial charge in [-0.05, 0) is 38.1 Å². The first kappa shape index (κ1) is 12.2. The number of nitrogens with zero attached hydrogens (tertiary/aromatic N) is 3. The largest absolute Gasteiger partial charge is 0.477 e. The Morgan fingerprint density at radius 2 is 2.37 bits per heavy atom. The third-order valence-electron chi connectivity index (χ3n) is 3.84. The molecule has 0 radical (unpaired) electrons. The zero-order chi connectivity index (χ0) is 13.4. The number of carboxylic acid groups (broad SMARTS) is 1. The maximum Gasteiger partial charge on any atom is 0.352 e. The van der Waals surface area contributed by atoms with Gasteiger partial charge < -0.3 is 5.11 Å². The molecule has 2 aromatic heterocycles. The second kappa shape index (κ2) is 4.66. The fourth-order valence-electron chi connectivity index (χ4n) is 2.90. The molecule has 3 rings (SSSR count). The van der Waals surface area contributed by atoms with Gasteiger partial charge in [0.1, 0.15) is 11.3 Å². The van der Waals surface area contributed by atoms with Crippen molar-refractivity contribution < 1.29 is 9.90 Å². The van der Waals surface area contributed by atoms with E-state index >= 15 is 0 Å². The van der Waals surface area contributed by atoms with Crippen LogP contribution in [0.5, 0.6) is 0 Å². The lowest BCUT2D eigenvalue weighted by atomic mass is 10.1. The molecule has 1 fully saturated rings. The van der Waals surface area contributed by atoms with Crippen molar-refractivity contribution in [2.75, 3.05) is 13.1 Å². The minimum atomic E-state index is -0.923. The van der Waals surface area contributed by atoms with E-state index in [1.165, 1.54) is 6.42 Å². The minimum Gasteiger partial charge on any atom is -0.477 e. The van der Waals surface area contributed by atoms with E-state index in [4.69, 9.17) is 0 Å². The molecule has 0 bridgehead atoms. The van der Waals surface area contributed by atoms with Crippen LogP contribution in [0.3, 0.4) is 0 Å². The van der Waals surface area contributed by atoms with Gasteiger partial charge in [0.25, 0.3) is 0 Å². The van der Waals surface area contributed by atoms with Crippen LogP contribution in [0.2, 0.25) is 0 Å². The molecule has 2 aromatic rings. The Morgan fingerprint density at radius 1 is 1.53 bits per heavy atom. The van der Waals surface area contributed by atoms with Crippen molar-refractivity contribution in [1.29, 1.82) is 0 Å². The standard InChI is InChI=1S/C14H17N3O2/c1-2-16-8-4-6-11(16)10-9-17-12(14(18)19)5-3-7-13(17)15-10/h3,5,7,9,11H,2,4,6,8H2,1H3,(H,18,19). The Morgan fingerprint density at radius 3 is 3.11 bits per heavy atom. The quantitative estimate of drug-likeness (QED) is 0.918. The van der Waals surface area contributed by atoms with Crippen LogP contribution in [0.4, 0.5) is 0 Å². The number of hydrogen-bond acceptors (Lipinski definition) is 3. The van der Waals surface area contributed by atoms with E-state index in [0.29, 0.717) is 11.7 Å². The van der Waals surface area contributed by atoms with Gasteiger partial charge in [0, 0.05) is 6.20 Å². The molecular weight excluding hydrogens is 242 g/mol. The van der Waals surface area contributed by atoms with E-state index in [1.54, 1.807) is 16.5 Å². The fourth-order valence-corrected chi connectivity index (χ4v) is 2.90. The third-order valence-corrected chi connectivity index (χ3v) is 3.84. The average Bonchev–Trinajstić information content (AvgIpc) is 3.03. The molecule has 1 unspecified atom stereocenters. The number of fused-ring (bicyclic) bond motifs is 1. The molecule has 1 aliphatic heterocycles. The molecule has 1 aliphatic rings. The Labute approximate surface area is 111 Å². The van der Waals surface area contributed by atoms with Crippen molar-refractivity contribution in [3.05, 3.63) is 35.8 Å². The number of aromatic nitrogens is 2. The van der Waals surface area contributed by atoms with E-state index < -0.39 is 5.97 Å². The first-order valence-electron chi connectivity index (χ1n) is 6.66. The van der Waals surface area contributed by atoms with Crippen molar-refractivity contribution in [1.82, 2.24) is 14.3 Å². The Hall–Kier alpha value is -1.88. The summed E-state index contributed by atoms with van der Waals surface area (Å²) in [7, 11) is 0. The van der Waals surface area contributed by atoms with Gasteiger partial charge in [-0.15, -0.1) is 0 Å². The predicted octanol–water partition coefficient (Wildman–Crippen LogP) is 2.19. The Balaban J connectivity index is 2.06. The summed E-state index contributed by atoms with van der Waals surface area (Å²) in [5, 5.41) is 9.20. The smallest absolute Gasteiger partial charge is 0.352 e. The SMILES string of the molecule is CCN1CCCC1c1cn2c(C(=O)O)cccc2n1. The molecule has 0 aromatic carbocycles. The predicted molar refractivity (Wildman–Crippen MR) is 71.4 cm³/mol. The maximum absolute atomic E-state index is 11.2. The van der Waals surface area contributed by atoms with Crippen molar-refractivity contribution in [3.63, 3.8) is 0 Å². The molecule has 1 atom stereocenters. The number of carbonyl (C=O) groups is 1. The van der Waals surface area contributed by atoms with Crippen molar-refractivity contribution in [2.45, 2.75) is 25.8 Å². The molecule has 0 spiro atoms. The molecule has 0 amide bonds. The van der Waals surface area contributed by atoms with Crippen LogP contribution in [0.15, 0.2) is 24.4 Å². The van der Waals surface area contributed by atoms with Crippen molar-refractivity contribution in [2.24, 2.45) is 0 Å². The molecular formula is C14H17N3O2. The van der Waals surface area contributed by atoms with Gasteiger partial charge in [-0.1, -0.05) is 13.0 Å². The van der Waals surface area contributed by atoms with Gasteiger partial charge in [-0.3, -0.25) is 9.30 Å². The monoisotopic (exact) mass is 259 g/mol. The van der Waals surface area contributed by atoms with Gasteiger partial charge in [0.15, 0.2) is 0 Å². The second-order valence-electron chi connectivity index (χ2n) is 4.90. The van der Waals surface area contributed by atoms with Crippen molar-refractivity contribution in [3.8, 4) is 0 Å². The summed E-state index contributed by atoms with van der Waals surface area (Å²) in [6.07, 6.45) is 4.15. The third kappa shape index (κ3) is 2.00. The molecule has 100 valence electrons. The lowest BCUT2D eigenvalue weighted by molar-refractivity contribution is 0.0689. The normalized spacial score (nSPS) is 20.2. The van der Waals surface area contributed by atoms with Crippen LogP contribution >= 0.6 is 0 Å². The van der Waals surface area contributed by atoms with Gasteiger partial charge in [-0.2, -0.15) is 0 Å². The summed E-state index contributed by atoms with van der Waals surface area (Å²) >= 11 is 0. The van der Waals surface area contributed by atoms with Gasteiger partial charge in [0.2, 0.25) is 0 Å².